The van der Waals surface area contributed by atoms with Crippen LogP contribution in [0.4, 0.5) is 0 Å². The number of carboxylic acid groups (broad SMARTS) is 1. The molecule has 1 atom stereocenters. The van der Waals surface area contributed by atoms with Crippen LogP contribution in [-0.2, 0) is 4.79 Å². The van der Waals surface area contributed by atoms with Gasteiger partial charge >= 0.3 is 5.97 Å². The quantitative estimate of drug-likeness (QED) is 0.560. The number of carbonyl (C=O) groups is 1. The number of rotatable bonds is 2. The molecule has 0 aromatic heterocycles. The summed E-state index contributed by atoms with van der Waals surface area (Å²) in [6.45, 7) is 2.74. The van der Waals surface area contributed by atoms with E-state index in [0.717, 1.165) is 13.0 Å². The van der Waals surface area contributed by atoms with Gasteiger partial charge in [-0.3, -0.25) is 4.79 Å². The molecule has 2 N–H and O–H groups in total. The first kappa shape index (κ1) is 6.55. The van der Waals surface area contributed by atoms with Gasteiger partial charge < -0.3 is 10.4 Å². The van der Waals surface area contributed by atoms with Gasteiger partial charge in [0.15, 0.2) is 0 Å². The number of hydrogen-bond donors (Lipinski definition) is 2. The maximum absolute atomic E-state index is 10.5. The summed E-state index contributed by atoms with van der Waals surface area (Å²) in [7, 11) is 0. The first-order chi connectivity index (χ1) is 4.21. The highest BCUT2D eigenvalue weighted by Gasteiger charge is 2.41. The van der Waals surface area contributed by atoms with Crippen LogP contribution in [0.2, 0.25) is 0 Å². The third-order valence-electron chi connectivity index (χ3n) is 2.03. The number of carboxylic acids is 1. The van der Waals surface area contributed by atoms with Crippen molar-refractivity contribution >= 4 is 5.97 Å². The largest absolute Gasteiger partial charge is 0.480 e. The van der Waals surface area contributed by atoms with Gasteiger partial charge in [-0.2, -0.15) is 0 Å². The first-order valence-corrected chi connectivity index (χ1v) is 3.20. The highest BCUT2D eigenvalue weighted by atomic mass is 16.4. The monoisotopic (exact) mass is 129 g/mol. The van der Waals surface area contributed by atoms with Crippen molar-refractivity contribution in [3.8, 4) is 0 Å². The van der Waals surface area contributed by atoms with Crippen molar-refractivity contribution in [3.63, 3.8) is 0 Å². The molecule has 0 radical (unpaired) electrons. The molecule has 0 aliphatic carbocycles. The summed E-state index contributed by atoms with van der Waals surface area (Å²) in [6.07, 6.45) is 1.46. The fourth-order valence-electron chi connectivity index (χ4n) is 1.06. The highest BCUT2D eigenvalue weighted by molar-refractivity contribution is 5.79. The Morgan fingerprint density at radius 2 is 2.44 bits per heavy atom. The van der Waals surface area contributed by atoms with E-state index in [9.17, 15) is 4.79 Å². The van der Waals surface area contributed by atoms with Crippen LogP contribution in [-0.4, -0.2) is 23.2 Å². The van der Waals surface area contributed by atoms with Crippen LogP contribution in [0.3, 0.4) is 0 Å². The van der Waals surface area contributed by atoms with Crippen molar-refractivity contribution < 1.29 is 9.90 Å². The van der Waals surface area contributed by atoms with Gasteiger partial charge in [0.25, 0.3) is 0 Å². The predicted molar refractivity (Wildman–Crippen MR) is 33.3 cm³/mol. The van der Waals surface area contributed by atoms with E-state index < -0.39 is 11.5 Å². The third-order valence-corrected chi connectivity index (χ3v) is 2.03. The Hall–Kier alpha value is -0.570. The zero-order valence-corrected chi connectivity index (χ0v) is 5.48. The Kier molecular flexibility index (Phi) is 1.45. The third kappa shape index (κ3) is 0.812. The van der Waals surface area contributed by atoms with Crippen molar-refractivity contribution in [2.75, 3.05) is 6.54 Å². The van der Waals surface area contributed by atoms with Crippen molar-refractivity contribution in [2.45, 2.75) is 25.3 Å². The molecule has 1 aliphatic heterocycles. The molecule has 0 aromatic carbocycles. The topological polar surface area (TPSA) is 49.3 Å². The fourth-order valence-corrected chi connectivity index (χ4v) is 1.06. The Bertz CT molecular complexity index is 124. The average Bonchev–Trinajstić information content (AvgIpc) is 1.62. The molecule has 3 nitrogen and oxygen atoms in total. The fraction of sp³-hybridized carbons (Fsp3) is 0.833. The van der Waals surface area contributed by atoms with Crippen molar-refractivity contribution in [2.24, 2.45) is 0 Å². The van der Waals surface area contributed by atoms with Crippen LogP contribution in [0.1, 0.15) is 19.8 Å². The molecule has 0 saturated carbocycles. The first-order valence-electron chi connectivity index (χ1n) is 3.20. The van der Waals surface area contributed by atoms with Gasteiger partial charge in [-0.05, 0) is 19.4 Å². The van der Waals surface area contributed by atoms with Gasteiger partial charge in [0, 0.05) is 0 Å². The van der Waals surface area contributed by atoms with E-state index in [2.05, 4.69) is 5.32 Å². The smallest absolute Gasteiger partial charge is 0.323 e. The van der Waals surface area contributed by atoms with E-state index >= 15 is 0 Å². The molecule has 0 bridgehead atoms. The van der Waals surface area contributed by atoms with Gasteiger partial charge in [0.1, 0.15) is 5.54 Å². The molecule has 1 aliphatic rings. The summed E-state index contributed by atoms with van der Waals surface area (Å²) in [5, 5.41) is 11.5. The van der Waals surface area contributed by atoms with Crippen LogP contribution >= 0.6 is 0 Å². The Morgan fingerprint density at radius 1 is 1.89 bits per heavy atom. The molecule has 1 saturated heterocycles. The van der Waals surface area contributed by atoms with E-state index in [1.807, 2.05) is 6.92 Å². The Morgan fingerprint density at radius 3 is 2.44 bits per heavy atom. The van der Waals surface area contributed by atoms with Crippen LogP contribution in [0.15, 0.2) is 0 Å². The molecular weight excluding hydrogens is 118 g/mol. The van der Waals surface area contributed by atoms with Crippen molar-refractivity contribution in [1.82, 2.24) is 5.32 Å². The van der Waals surface area contributed by atoms with Crippen LogP contribution in [0.25, 0.3) is 0 Å². The van der Waals surface area contributed by atoms with Crippen molar-refractivity contribution in [1.29, 1.82) is 0 Å². The minimum absolute atomic E-state index is 0.569. The molecule has 0 spiro atoms. The Balaban J connectivity index is 2.57. The van der Waals surface area contributed by atoms with Gasteiger partial charge in [-0.15, -0.1) is 0 Å². The standard InChI is InChI=1S/C6H11NO2/c1-2-6(5(8)9)3-4-7-6/h7H,2-4H2,1H3,(H,8,9)/t6-/m0/s1. The summed E-state index contributed by atoms with van der Waals surface area (Å²) in [6, 6.07) is 0. The summed E-state index contributed by atoms with van der Waals surface area (Å²) in [5.41, 5.74) is -0.569. The minimum atomic E-state index is -0.712. The van der Waals surface area contributed by atoms with Gasteiger partial charge in [-0.1, -0.05) is 6.92 Å². The molecule has 0 aromatic rings. The molecule has 9 heavy (non-hydrogen) atoms. The second kappa shape index (κ2) is 1.99. The van der Waals surface area contributed by atoms with Crippen LogP contribution in [0, 0.1) is 0 Å². The maximum atomic E-state index is 10.5. The summed E-state index contributed by atoms with van der Waals surface area (Å²) < 4.78 is 0. The molecule has 1 rings (SSSR count). The van der Waals surface area contributed by atoms with E-state index in [4.69, 9.17) is 5.11 Å². The second-order valence-electron chi connectivity index (χ2n) is 2.42. The molecule has 1 heterocycles. The maximum Gasteiger partial charge on any atom is 0.323 e. The molecule has 0 amide bonds. The minimum Gasteiger partial charge on any atom is -0.480 e. The SMILES string of the molecule is CC[C@@]1(C(=O)O)CCN1. The zero-order valence-electron chi connectivity index (χ0n) is 5.48. The lowest BCUT2D eigenvalue weighted by Gasteiger charge is -2.38. The lowest BCUT2D eigenvalue weighted by atomic mass is 9.85. The molecular formula is C6H11NO2. The van der Waals surface area contributed by atoms with Crippen LogP contribution < -0.4 is 5.32 Å². The summed E-state index contributed by atoms with van der Waals surface area (Å²) >= 11 is 0. The van der Waals surface area contributed by atoms with Crippen molar-refractivity contribution in [3.05, 3.63) is 0 Å². The average molecular weight is 129 g/mol. The highest BCUT2D eigenvalue weighted by Crippen LogP contribution is 2.22. The second-order valence-corrected chi connectivity index (χ2v) is 2.42. The number of hydrogen-bond acceptors (Lipinski definition) is 2. The van der Waals surface area contributed by atoms with Gasteiger partial charge in [-0.25, -0.2) is 0 Å². The molecule has 52 valence electrons. The molecule has 1 fully saturated rings. The predicted octanol–water partition coefficient (Wildman–Crippen LogP) is 0.213. The van der Waals surface area contributed by atoms with E-state index in [1.54, 1.807) is 0 Å². The summed E-state index contributed by atoms with van der Waals surface area (Å²) in [4.78, 5) is 10.5. The van der Waals surface area contributed by atoms with Gasteiger partial charge in [0.05, 0.1) is 0 Å². The van der Waals surface area contributed by atoms with Gasteiger partial charge in [0.2, 0.25) is 0 Å². The zero-order chi connectivity index (χ0) is 6.91. The van der Waals surface area contributed by atoms with Crippen LogP contribution in [0.5, 0.6) is 0 Å². The van der Waals surface area contributed by atoms with E-state index in [1.165, 1.54) is 0 Å². The number of nitrogens with one attached hydrogen (secondary N) is 1. The van der Waals surface area contributed by atoms with E-state index in [-0.39, 0.29) is 0 Å². The molecule has 0 unspecified atom stereocenters. The number of aliphatic carboxylic acids is 1. The summed E-state index contributed by atoms with van der Waals surface area (Å²) in [5.74, 6) is -0.712. The Labute approximate surface area is 54.1 Å². The normalized spacial score (nSPS) is 33.4. The lowest BCUT2D eigenvalue weighted by molar-refractivity contribution is -0.148. The lowest BCUT2D eigenvalue weighted by Crippen LogP contribution is -2.61. The molecule has 3 heteroatoms. The van der Waals surface area contributed by atoms with E-state index in [0.29, 0.717) is 6.42 Å².